The third-order valence-corrected chi connectivity index (χ3v) is 8.43. The van der Waals surface area contributed by atoms with E-state index in [0.29, 0.717) is 85.4 Å². The van der Waals surface area contributed by atoms with Crippen molar-refractivity contribution in [1.29, 1.82) is 0 Å². The molecule has 14 nitrogen and oxygen atoms in total. The Morgan fingerprint density at radius 3 is 1.87 bits per heavy atom. The van der Waals surface area contributed by atoms with Gasteiger partial charge in [-0.25, -0.2) is 0 Å². The van der Waals surface area contributed by atoms with E-state index in [2.05, 4.69) is 15.8 Å². The van der Waals surface area contributed by atoms with Gasteiger partial charge in [-0.15, -0.1) is 0 Å². The van der Waals surface area contributed by atoms with Crippen molar-refractivity contribution in [3.05, 3.63) is 78.1 Å². The molecule has 0 fully saturated rings. The molecule has 0 saturated heterocycles. The van der Waals surface area contributed by atoms with Crippen LogP contribution >= 0.6 is 0 Å². The molecule has 0 aliphatic carbocycles. The van der Waals surface area contributed by atoms with Crippen LogP contribution in [-0.4, -0.2) is 74.0 Å². The van der Waals surface area contributed by atoms with E-state index in [0.717, 1.165) is 5.56 Å². The Morgan fingerprint density at radius 2 is 1.23 bits per heavy atom. The number of hydrogen-bond acceptors (Lipinski definition) is 13. The number of anilines is 1. The summed E-state index contributed by atoms with van der Waals surface area (Å²) in [5.74, 6) is 4.04. The van der Waals surface area contributed by atoms with Gasteiger partial charge in [0.2, 0.25) is 11.5 Å². The van der Waals surface area contributed by atoms with E-state index in [1.54, 1.807) is 92.2 Å². The standard InChI is InChI=1S/C38H39N3O11/c1-43-24-9-10-27-25(19-24)38(42)40-37(39-27)21-8-11-28(29(14-21)44-2)50-12-13-51-36-32(47-5)15-22(16-33(36)48-6)26-20-52-41-34(26)23-17-30(45-3)35(49-7)31(18-23)46-4/h8-11,14-20,37,39H,12-13H2,1-7H3,(H,40,42). The number of ether oxygens (including phenoxy) is 9. The highest BCUT2D eigenvalue weighted by molar-refractivity contribution is 6.02. The lowest BCUT2D eigenvalue weighted by atomic mass is 10.0. The smallest absolute Gasteiger partial charge is 0.255 e. The first kappa shape index (κ1) is 35.4. The second-order valence-corrected chi connectivity index (χ2v) is 11.3. The van der Waals surface area contributed by atoms with Gasteiger partial charge in [-0.2, -0.15) is 0 Å². The molecule has 6 rings (SSSR count). The lowest BCUT2D eigenvalue weighted by Crippen LogP contribution is -2.38. The van der Waals surface area contributed by atoms with Gasteiger partial charge in [0.25, 0.3) is 5.91 Å². The number of nitrogens with one attached hydrogen (secondary N) is 2. The predicted molar refractivity (Wildman–Crippen MR) is 191 cm³/mol. The molecule has 0 radical (unpaired) electrons. The average molecular weight is 714 g/mol. The number of fused-ring (bicyclic) bond motifs is 1. The Labute approximate surface area is 300 Å². The maximum atomic E-state index is 12.8. The molecule has 2 N–H and O–H groups in total. The zero-order valence-electron chi connectivity index (χ0n) is 29.8. The Balaban J connectivity index is 1.16. The largest absolute Gasteiger partial charge is 0.497 e. The summed E-state index contributed by atoms with van der Waals surface area (Å²) in [6, 6.07) is 18.0. The summed E-state index contributed by atoms with van der Waals surface area (Å²) in [7, 11) is 10.8. The molecule has 0 bridgehead atoms. The van der Waals surface area contributed by atoms with Gasteiger partial charge in [0.05, 0.1) is 55.3 Å². The maximum absolute atomic E-state index is 12.8. The molecule has 14 heteroatoms. The van der Waals surface area contributed by atoms with Crippen molar-refractivity contribution in [3.8, 4) is 74.1 Å². The van der Waals surface area contributed by atoms with Crippen LogP contribution in [-0.2, 0) is 0 Å². The Kier molecular flexibility index (Phi) is 10.6. The number of nitrogens with zero attached hydrogens (tertiary/aromatic N) is 1. The predicted octanol–water partition coefficient (Wildman–Crippen LogP) is 6.38. The van der Waals surface area contributed by atoms with E-state index < -0.39 is 6.17 Å². The fourth-order valence-corrected chi connectivity index (χ4v) is 5.85. The highest BCUT2D eigenvalue weighted by Gasteiger charge is 2.26. The second kappa shape index (κ2) is 15.6. The van der Waals surface area contributed by atoms with Gasteiger partial charge >= 0.3 is 0 Å². The first-order valence-corrected chi connectivity index (χ1v) is 16.1. The molecule has 0 saturated carbocycles. The first-order chi connectivity index (χ1) is 25.3. The van der Waals surface area contributed by atoms with E-state index in [-0.39, 0.29) is 19.1 Å². The third kappa shape index (κ3) is 6.95. The molecular formula is C38H39N3O11. The highest BCUT2D eigenvalue weighted by atomic mass is 16.6. The van der Waals surface area contributed by atoms with Crippen LogP contribution in [0.3, 0.4) is 0 Å². The number of rotatable bonds is 15. The first-order valence-electron chi connectivity index (χ1n) is 16.1. The molecule has 4 aromatic carbocycles. The van der Waals surface area contributed by atoms with Crippen molar-refractivity contribution in [2.24, 2.45) is 0 Å². The fraction of sp³-hybridized carbons (Fsp3) is 0.263. The van der Waals surface area contributed by atoms with E-state index >= 15 is 0 Å². The van der Waals surface area contributed by atoms with Crippen LogP contribution in [0, 0.1) is 0 Å². The van der Waals surface area contributed by atoms with Gasteiger partial charge in [0.1, 0.15) is 37.1 Å². The van der Waals surface area contributed by atoms with Crippen LogP contribution < -0.4 is 53.3 Å². The number of aromatic nitrogens is 1. The summed E-state index contributed by atoms with van der Waals surface area (Å²) in [5.41, 5.74) is 4.59. The Morgan fingerprint density at radius 1 is 0.596 bits per heavy atom. The van der Waals surface area contributed by atoms with Crippen molar-refractivity contribution >= 4 is 11.6 Å². The SMILES string of the molecule is COc1ccc2c(c1)C(=O)NC(c1ccc(OCCOc3c(OC)cc(-c4conc4-c4cc(OC)c(OC)c(OC)c4)cc3OC)c(OC)c1)N2. The zero-order chi connectivity index (χ0) is 36.8. The summed E-state index contributed by atoms with van der Waals surface area (Å²) in [6.07, 6.45) is 1.06. The Hall–Kier alpha value is -6.44. The summed E-state index contributed by atoms with van der Waals surface area (Å²) in [4.78, 5) is 12.8. The molecule has 1 unspecified atom stereocenters. The van der Waals surface area contributed by atoms with Gasteiger partial charge < -0.3 is 57.8 Å². The fourth-order valence-electron chi connectivity index (χ4n) is 5.85. The normalized spacial score (nSPS) is 13.2. The highest BCUT2D eigenvalue weighted by Crippen LogP contribution is 2.46. The quantitative estimate of drug-likeness (QED) is 0.116. The molecular weight excluding hydrogens is 674 g/mol. The minimum absolute atomic E-state index is 0.154. The molecule has 52 heavy (non-hydrogen) atoms. The number of hydrogen-bond donors (Lipinski definition) is 2. The van der Waals surface area contributed by atoms with E-state index in [1.165, 1.54) is 6.26 Å². The van der Waals surface area contributed by atoms with Crippen LogP contribution in [0.2, 0.25) is 0 Å². The lowest BCUT2D eigenvalue weighted by molar-refractivity contribution is 0.0935. The number of carbonyl (C=O) groups is 1. The van der Waals surface area contributed by atoms with Gasteiger partial charge in [-0.1, -0.05) is 11.2 Å². The van der Waals surface area contributed by atoms with Crippen LogP contribution in [0.5, 0.6) is 51.7 Å². The average Bonchev–Trinajstić information content (AvgIpc) is 3.68. The van der Waals surface area contributed by atoms with Crippen molar-refractivity contribution in [2.45, 2.75) is 6.17 Å². The van der Waals surface area contributed by atoms with Crippen molar-refractivity contribution in [2.75, 3.05) is 68.3 Å². The molecule has 5 aromatic rings. The summed E-state index contributed by atoms with van der Waals surface area (Å²) < 4.78 is 56.4. The number of carbonyl (C=O) groups excluding carboxylic acids is 1. The monoisotopic (exact) mass is 713 g/mol. The minimum Gasteiger partial charge on any atom is -0.497 e. The summed E-state index contributed by atoms with van der Waals surface area (Å²) >= 11 is 0. The van der Waals surface area contributed by atoms with Crippen LogP contribution in [0.25, 0.3) is 22.4 Å². The summed E-state index contributed by atoms with van der Waals surface area (Å²) in [6.45, 7) is 0.329. The summed E-state index contributed by atoms with van der Waals surface area (Å²) in [5, 5.41) is 10.6. The topological polar surface area (TPSA) is 150 Å². The molecule has 272 valence electrons. The van der Waals surface area contributed by atoms with E-state index in [9.17, 15) is 4.79 Å². The third-order valence-electron chi connectivity index (χ3n) is 8.43. The van der Waals surface area contributed by atoms with Crippen molar-refractivity contribution in [3.63, 3.8) is 0 Å². The second-order valence-electron chi connectivity index (χ2n) is 11.3. The van der Waals surface area contributed by atoms with Gasteiger partial charge in [-0.05, 0) is 65.7 Å². The molecule has 0 spiro atoms. The number of amides is 1. The van der Waals surface area contributed by atoms with Gasteiger partial charge in [0.15, 0.2) is 34.5 Å². The Bertz CT molecular complexity index is 2010. The molecule has 1 aliphatic rings. The molecule has 1 amide bonds. The van der Waals surface area contributed by atoms with Gasteiger partial charge in [0, 0.05) is 16.8 Å². The van der Waals surface area contributed by atoms with E-state index in [1.807, 2.05) is 18.2 Å². The van der Waals surface area contributed by atoms with Crippen LogP contribution in [0.4, 0.5) is 5.69 Å². The molecule has 1 atom stereocenters. The van der Waals surface area contributed by atoms with Crippen LogP contribution in [0.15, 0.2) is 71.4 Å². The zero-order valence-corrected chi connectivity index (χ0v) is 29.8. The van der Waals surface area contributed by atoms with E-state index in [4.69, 9.17) is 47.2 Å². The molecule has 1 aromatic heterocycles. The molecule has 1 aliphatic heterocycles. The van der Waals surface area contributed by atoms with Crippen molar-refractivity contribution < 1.29 is 51.9 Å². The number of methoxy groups -OCH3 is 7. The number of benzene rings is 4. The van der Waals surface area contributed by atoms with Crippen LogP contribution in [0.1, 0.15) is 22.1 Å². The maximum Gasteiger partial charge on any atom is 0.255 e. The minimum atomic E-state index is -0.474. The lowest BCUT2D eigenvalue weighted by Gasteiger charge is -2.28. The van der Waals surface area contributed by atoms with Crippen molar-refractivity contribution in [1.82, 2.24) is 10.5 Å². The van der Waals surface area contributed by atoms with Gasteiger partial charge in [-0.3, -0.25) is 4.79 Å². The molecule has 2 heterocycles.